The number of para-hydroxylation sites is 1. The van der Waals surface area contributed by atoms with Crippen LogP contribution in [0, 0.1) is 6.92 Å². The van der Waals surface area contributed by atoms with Gasteiger partial charge in [-0.15, -0.1) is 0 Å². The molecule has 1 aliphatic rings. The molecule has 0 bridgehead atoms. The number of hydrogen-bond donors (Lipinski definition) is 1. The van der Waals surface area contributed by atoms with E-state index < -0.39 is 0 Å². The molecule has 3 nitrogen and oxygen atoms in total. The van der Waals surface area contributed by atoms with E-state index in [0.717, 1.165) is 16.9 Å². The predicted molar refractivity (Wildman–Crippen MR) is 81.6 cm³/mol. The van der Waals surface area contributed by atoms with Crippen LogP contribution in [0.25, 0.3) is 5.69 Å². The molecular formula is C16H17ClN2O. The van der Waals surface area contributed by atoms with Crippen LogP contribution in [0.1, 0.15) is 24.1 Å². The van der Waals surface area contributed by atoms with Crippen LogP contribution in [-0.4, -0.2) is 10.6 Å². The number of hydrogen-bond acceptors (Lipinski definition) is 2. The van der Waals surface area contributed by atoms with Gasteiger partial charge in [0.05, 0.1) is 10.7 Å². The number of nitrogens with one attached hydrogen (secondary N) is 1. The third-order valence-electron chi connectivity index (χ3n) is 3.59. The maximum Gasteiger partial charge on any atom is 0.186 e. The van der Waals surface area contributed by atoms with Gasteiger partial charge < -0.3 is 9.88 Å². The van der Waals surface area contributed by atoms with Crippen molar-refractivity contribution < 1.29 is 0 Å². The standard InChI is InChI=1S/C16H17ClN2O/c1-11-8-16(20)12(9-18-13-6-7-13)10-19(11)15-5-3-2-4-14(15)17/h2-5,8,10,13,18H,6-7,9H2,1H3. The molecule has 0 aliphatic heterocycles. The molecule has 1 aromatic carbocycles. The molecule has 0 amide bonds. The van der Waals surface area contributed by atoms with E-state index in [1.165, 1.54) is 12.8 Å². The lowest BCUT2D eigenvalue weighted by Gasteiger charge is -2.14. The predicted octanol–water partition coefficient (Wildman–Crippen LogP) is 3.05. The molecule has 1 fully saturated rings. The molecule has 0 atom stereocenters. The Bertz CT molecular complexity index is 689. The highest BCUT2D eigenvalue weighted by Crippen LogP contribution is 2.22. The van der Waals surface area contributed by atoms with Crippen molar-refractivity contribution in [1.82, 2.24) is 9.88 Å². The quantitative estimate of drug-likeness (QED) is 0.938. The summed E-state index contributed by atoms with van der Waals surface area (Å²) < 4.78 is 1.98. The number of pyridine rings is 1. The topological polar surface area (TPSA) is 34.0 Å². The highest BCUT2D eigenvalue weighted by atomic mass is 35.5. The summed E-state index contributed by atoms with van der Waals surface area (Å²) in [6, 6.07) is 9.92. The third-order valence-corrected chi connectivity index (χ3v) is 3.91. The SMILES string of the molecule is Cc1cc(=O)c(CNC2CC2)cn1-c1ccccc1Cl. The number of rotatable bonds is 4. The smallest absolute Gasteiger partial charge is 0.186 e. The van der Waals surface area contributed by atoms with Gasteiger partial charge in [-0.1, -0.05) is 23.7 Å². The largest absolute Gasteiger partial charge is 0.319 e. The highest BCUT2D eigenvalue weighted by Gasteiger charge is 2.20. The number of nitrogens with zero attached hydrogens (tertiary/aromatic N) is 1. The zero-order valence-corrected chi connectivity index (χ0v) is 12.2. The Balaban J connectivity index is 1.99. The van der Waals surface area contributed by atoms with E-state index in [1.54, 1.807) is 6.07 Å². The molecule has 1 N–H and O–H groups in total. The minimum atomic E-state index is 0.0824. The first-order valence-electron chi connectivity index (χ1n) is 6.85. The van der Waals surface area contributed by atoms with Gasteiger partial charge in [-0.2, -0.15) is 0 Å². The van der Waals surface area contributed by atoms with Gasteiger partial charge in [0.1, 0.15) is 0 Å². The molecule has 0 spiro atoms. The van der Waals surface area contributed by atoms with Crippen LogP contribution in [0.4, 0.5) is 0 Å². The Hall–Kier alpha value is -1.58. The van der Waals surface area contributed by atoms with E-state index in [0.29, 0.717) is 17.6 Å². The Morgan fingerprint density at radius 2 is 2.10 bits per heavy atom. The zero-order valence-electron chi connectivity index (χ0n) is 11.4. The van der Waals surface area contributed by atoms with E-state index in [1.807, 2.05) is 42.0 Å². The van der Waals surface area contributed by atoms with Crippen molar-refractivity contribution in [2.45, 2.75) is 32.4 Å². The summed E-state index contributed by atoms with van der Waals surface area (Å²) in [5, 5.41) is 4.06. The Morgan fingerprint density at radius 3 is 2.80 bits per heavy atom. The Kier molecular flexibility index (Phi) is 3.64. The van der Waals surface area contributed by atoms with Crippen molar-refractivity contribution in [2.75, 3.05) is 0 Å². The van der Waals surface area contributed by atoms with Crippen LogP contribution in [-0.2, 0) is 6.54 Å². The first-order valence-corrected chi connectivity index (χ1v) is 7.23. The summed E-state index contributed by atoms with van der Waals surface area (Å²) in [6.45, 7) is 2.54. The normalized spacial score (nSPS) is 14.5. The number of aryl methyl sites for hydroxylation is 1. The molecule has 4 heteroatoms. The molecule has 1 aromatic heterocycles. The molecule has 1 heterocycles. The van der Waals surface area contributed by atoms with Crippen molar-refractivity contribution in [2.24, 2.45) is 0 Å². The van der Waals surface area contributed by atoms with Crippen LogP contribution < -0.4 is 10.7 Å². The summed E-state index contributed by atoms with van der Waals surface area (Å²) in [6.07, 6.45) is 4.32. The van der Waals surface area contributed by atoms with Gasteiger partial charge in [0, 0.05) is 36.1 Å². The van der Waals surface area contributed by atoms with Gasteiger partial charge >= 0.3 is 0 Å². The number of aromatic nitrogens is 1. The molecular weight excluding hydrogens is 272 g/mol. The molecule has 1 saturated carbocycles. The van der Waals surface area contributed by atoms with Crippen molar-refractivity contribution in [3.8, 4) is 5.69 Å². The monoisotopic (exact) mass is 288 g/mol. The minimum Gasteiger partial charge on any atom is -0.319 e. The van der Waals surface area contributed by atoms with Crippen LogP contribution >= 0.6 is 11.6 Å². The third kappa shape index (κ3) is 2.79. The summed E-state index contributed by atoms with van der Waals surface area (Å²) in [4.78, 5) is 12.1. The lowest BCUT2D eigenvalue weighted by molar-refractivity contribution is 0.679. The van der Waals surface area contributed by atoms with E-state index >= 15 is 0 Å². The van der Waals surface area contributed by atoms with E-state index in [4.69, 9.17) is 11.6 Å². The van der Waals surface area contributed by atoms with Gasteiger partial charge in [-0.3, -0.25) is 4.79 Å². The van der Waals surface area contributed by atoms with E-state index in [9.17, 15) is 4.79 Å². The lowest BCUT2D eigenvalue weighted by atomic mass is 10.2. The molecule has 3 rings (SSSR count). The van der Waals surface area contributed by atoms with Crippen LogP contribution in [0.2, 0.25) is 5.02 Å². The van der Waals surface area contributed by atoms with Crippen molar-refractivity contribution in [3.05, 3.63) is 63.0 Å². The van der Waals surface area contributed by atoms with Gasteiger partial charge in [-0.25, -0.2) is 0 Å². The zero-order chi connectivity index (χ0) is 14.1. The number of halogens is 1. The molecule has 0 saturated heterocycles. The van der Waals surface area contributed by atoms with Crippen LogP contribution in [0.15, 0.2) is 41.3 Å². The fourth-order valence-electron chi connectivity index (χ4n) is 2.25. The summed E-state index contributed by atoms with van der Waals surface area (Å²) >= 11 is 6.25. The van der Waals surface area contributed by atoms with Crippen LogP contribution in [0.5, 0.6) is 0 Å². The first-order chi connectivity index (χ1) is 9.65. The van der Waals surface area contributed by atoms with Crippen molar-refractivity contribution >= 4 is 11.6 Å². The first kappa shape index (κ1) is 13.4. The van der Waals surface area contributed by atoms with Gasteiger partial charge in [0.25, 0.3) is 0 Å². The average molecular weight is 289 g/mol. The summed E-state index contributed by atoms with van der Waals surface area (Å²) in [5.41, 5.74) is 2.65. The van der Waals surface area contributed by atoms with Crippen LogP contribution in [0.3, 0.4) is 0 Å². The van der Waals surface area contributed by atoms with Crippen molar-refractivity contribution in [1.29, 1.82) is 0 Å². The lowest BCUT2D eigenvalue weighted by Crippen LogP contribution is -2.22. The van der Waals surface area contributed by atoms with Gasteiger partial charge in [0.15, 0.2) is 5.43 Å². The van der Waals surface area contributed by atoms with E-state index in [2.05, 4.69) is 5.32 Å². The second-order valence-corrected chi connectivity index (χ2v) is 5.69. The summed E-state index contributed by atoms with van der Waals surface area (Å²) in [7, 11) is 0. The maximum absolute atomic E-state index is 12.1. The fraction of sp³-hybridized carbons (Fsp3) is 0.312. The van der Waals surface area contributed by atoms with Gasteiger partial charge in [-0.05, 0) is 31.9 Å². The molecule has 1 aliphatic carbocycles. The highest BCUT2D eigenvalue weighted by molar-refractivity contribution is 6.32. The van der Waals surface area contributed by atoms with Crippen molar-refractivity contribution in [3.63, 3.8) is 0 Å². The number of benzene rings is 1. The molecule has 2 aromatic rings. The van der Waals surface area contributed by atoms with Gasteiger partial charge in [0.2, 0.25) is 0 Å². The average Bonchev–Trinajstić information content (AvgIpc) is 3.23. The molecule has 20 heavy (non-hydrogen) atoms. The maximum atomic E-state index is 12.1. The fourth-order valence-corrected chi connectivity index (χ4v) is 2.48. The second kappa shape index (κ2) is 5.43. The molecule has 0 unspecified atom stereocenters. The molecule has 104 valence electrons. The minimum absolute atomic E-state index is 0.0824. The second-order valence-electron chi connectivity index (χ2n) is 5.28. The molecule has 0 radical (unpaired) electrons. The van der Waals surface area contributed by atoms with E-state index in [-0.39, 0.29) is 5.43 Å². The Morgan fingerprint density at radius 1 is 1.35 bits per heavy atom. The summed E-state index contributed by atoms with van der Waals surface area (Å²) in [5.74, 6) is 0. The Labute approximate surface area is 123 Å².